The van der Waals surface area contributed by atoms with Crippen LogP contribution < -0.4 is 0 Å². The number of aliphatic carboxylic acids is 1. The van der Waals surface area contributed by atoms with E-state index in [4.69, 9.17) is 0 Å². The maximum absolute atomic E-state index is 11.4. The molecule has 0 saturated heterocycles. The number of nitrogens with zero attached hydrogens (tertiary/aromatic N) is 4. The normalized spacial score (nSPS) is 16.1. The first kappa shape index (κ1) is 17.7. The molecule has 6 heteroatoms. The molecule has 5 rings (SSSR count). The van der Waals surface area contributed by atoms with E-state index in [1.165, 1.54) is 16.8 Å². The fraction of sp³-hybridized carbons (Fsp3) is 0.261. The van der Waals surface area contributed by atoms with Gasteiger partial charge in [0, 0.05) is 36.4 Å². The van der Waals surface area contributed by atoms with Gasteiger partial charge in [0.1, 0.15) is 0 Å². The number of benzene rings is 1. The van der Waals surface area contributed by atoms with Gasteiger partial charge in [-0.05, 0) is 41.7 Å². The van der Waals surface area contributed by atoms with Crippen LogP contribution in [0.4, 0.5) is 0 Å². The van der Waals surface area contributed by atoms with Gasteiger partial charge in [-0.2, -0.15) is 0 Å². The van der Waals surface area contributed by atoms with Gasteiger partial charge in [-0.25, -0.2) is 4.68 Å². The smallest absolute Gasteiger partial charge is 0.307 e. The van der Waals surface area contributed by atoms with Gasteiger partial charge in [0.25, 0.3) is 0 Å². The third kappa shape index (κ3) is 3.31. The standard InChI is InChI=1S/C23H22N4O2/c28-23(29)14-20-19-10-9-18(13-22(19)26-11-5-4-8-21(20)26)27-15-17(24-25-27)12-16-6-2-1-3-7-16/h1-8,11,15,18H,9-10,12-14H2,(H,28,29). The zero-order valence-corrected chi connectivity index (χ0v) is 16.0. The molecule has 0 spiro atoms. The largest absolute Gasteiger partial charge is 0.481 e. The highest BCUT2D eigenvalue weighted by Crippen LogP contribution is 2.34. The minimum Gasteiger partial charge on any atom is -0.481 e. The van der Waals surface area contributed by atoms with E-state index >= 15 is 0 Å². The van der Waals surface area contributed by atoms with Crippen LogP contribution in [0.3, 0.4) is 0 Å². The van der Waals surface area contributed by atoms with E-state index in [9.17, 15) is 9.90 Å². The molecular formula is C23H22N4O2. The van der Waals surface area contributed by atoms with Gasteiger partial charge in [0.15, 0.2) is 0 Å². The zero-order chi connectivity index (χ0) is 19.8. The minimum absolute atomic E-state index is 0.0675. The summed E-state index contributed by atoms with van der Waals surface area (Å²) in [6.07, 6.45) is 7.55. The number of carboxylic acid groups (broad SMARTS) is 1. The molecule has 1 unspecified atom stereocenters. The predicted octanol–water partition coefficient (Wildman–Crippen LogP) is 3.48. The summed E-state index contributed by atoms with van der Waals surface area (Å²) in [7, 11) is 0. The Morgan fingerprint density at radius 1 is 1.14 bits per heavy atom. The maximum atomic E-state index is 11.4. The number of hydrogen-bond donors (Lipinski definition) is 1. The summed E-state index contributed by atoms with van der Waals surface area (Å²) >= 11 is 0. The lowest BCUT2D eigenvalue weighted by atomic mass is 9.90. The Kier molecular flexibility index (Phi) is 4.39. The average Bonchev–Trinajstić information content (AvgIpc) is 3.32. The number of carbonyl (C=O) groups is 1. The van der Waals surface area contributed by atoms with Crippen molar-refractivity contribution in [3.63, 3.8) is 0 Å². The van der Waals surface area contributed by atoms with Gasteiger partial charge in [0.05, 0.1) is 18.2 Å². The molecule has 3 aromatic heterocycles. The van der Waals surface area contributed by atoms with Crippen LogP contribution in [0.1, 0.15) is 40.5 Å². The molecule has 1 aromatic carbocycles. The number of fused-ring (bicyclic) bond motifs is 3. The van der Waals surface area contributed by atoms with E-state index < -0.39 is 5.97 Å². The van der Waals surface area contributed by atoms with Crippen LogP contribution in [-0.4, -0.2) is 30.5 Å². The van der Waals surface area contributed by atoms with Crippen molar-refractivity contribution in [1.82, 2.24) is 19.4 Å². The summed E-state index contributed by atoms with van der Waals surface area (Å²) in [5.41, 5.74) is 6.54. The summed E-state index contributed by atoms with van der Waals surface area (Å²) in [6, 6.07) is 16.5. The Balaban J connectivity index is 1.44. The molecule has 1 atom stereocenters. The molecule has 0 bridgehead atoms. The highest BCUT2D eigenvalue weighted by molar-refractivity contribution is 5.76. The van der Waals surface area contributed by atoms with E-state index in [0.717, 1.165) is 42.5 Å². The Labute approximate surface area is 168 Å². The second-order valence-electron chi connectivity index (χ2n) is 7.68. The van der Waals surface area contributed by atoms with Gasteiger partial charge < -0.3 is 9.51 Å². The Morgan fingerprint density at radius 2 is 1.97 bits per heavy atom. The van der Waals surface area contributed by atoms with Gasteiger partial charge in [0.2, 0.25) is 0 Å². The first-order valence-electron chi connectivity index (χ1n) is 9.95. The molecule has 3 heterocycles. The lowest BCUT2D eigenvalue weighted by Crippen LogP contribution is -2.20. The van der Waals surface area contributed by atoms with Crippen LogP contribution in [0.25, 0.3) is 5.52 Å². The van der Waals surface area contributed by atoms with Gasteiger partial charge in [-0.15, -0.1) is 5.10 Å². The second-order valence-corrected chi connectivity index (χ2v) is 7.68. The van der Waals surface area contributed by atoms with Crippen LogP contribution in [0.15, 0.2) is 60.9 Å². The van der Waals surface area contributed by atoms with E-state index in [1.54, 1.807) is 0 Å². The molecule has 1 aliphatic rings. The Bertz CT molecular complexity index is 1180. The van der Waals surface area contributed by atoms with Crippen LogP contribution in [0.5, 0.6) is 0 Å². The number of aromatic nitrogens is 4. The summed E-state index contributed by atoms with van der Waals surface area (Å²) in [4.78, 5) is 11.4. The van der Waals surface area contributed by atoms with Crippen molar-refractivity contribution >= 4 is 11.5 Å². The van der Waals surface area contributed by atoms with Crippen molar-refractivity contribution in [2.24, 2.45) is 0 Å². The van der Waals surface area contributed by atoms with Gasteiger partial charge in [-0.3, -0.25) is 4.79 Å². The molecule has 4 aromatic rings. The molecule has 0 aliphatic heterocycles. The average molecular weight is 386 g/mol. The quantitative estimate of drug-likeness (QED) is 0.570. The van der Waals surface area contributed by atoms with Crippen LogP contribution in [0, 0.1) is 0 Å². The van der Waals surface area contributed by atoms with Crippen LogP contribution in [0.2, 0.25) is 0 Å². The highest BCUT2D eigenvalue weighted by atomic mass is 16.4. The van der Waals surface area contributed by atoms with Gasteiger partial charge in [-0.1, -0.05) is 41.6 Å². The molecule has 146 valence electrons. The van der Waals surface area contributed by atoms with E-state index in [-0.39, 0.29) is 12.5 Å². The second kappa shape index (κ2) is 7.20. The summed E-state index contributed by atoms with van der Waals surface area (Å²) in [5.74, 6) is -0.784. The van der Waals surface area contributed by atoms with Crippen molar-refractivity contribution in [3.8, 4) is 0 Å². The maximum Gasteiger partial charge on any atom is 0.307 e. The summed E-state index contributed by atoms with van der Waals surface area (Å²) in [5, 5.41) is 18.2. The number of carboxylic acids is 1. The summed E-state index contributed by atoms with van der Waals surface area (Å²) < 4.78 is 4.14. The Hall–Kier alpha value is -3.41. The molecule has 0 amide bonds. The molecule has 29 heavy (non-hydrogen) atoms. The SMILES string of the molecule is O=C(O)Cc1c2c(n3ccccc13)CC(n1cc(Cc3ccccc3)nn1)CC2. The van der Waals surface area contributed by atoms with Crippen LogP contribution in [-0.2, 0) is 30.5 Å². The molecule has 0 fully saturated rings. The van der Waals surface area contributed by atoms with Crippen molar-refractivity contribution in [1.29, 1.82) is 0 Å². The van der Waals surface area contributed by atoms with Crippen LogP contribution >= 0.6 is 0 Å². The lowest BCUT2D eigenvalue weighted by molar-refractivity contribution is -0.136. The monoisotopic (exact) mass is 386 g/mol. The molecule has 1 N–H and O–H groups in total. The van der Waals surface area contributed by atoms with Crippen molar-refractivity contribution in [2.45, 2.75) is 38.1 Å². The first-order chi connectivity index (χ1) is 14.2. The predicted molar refractivity (Wildman–Crippen MR) is 109 cm³/mol. The zero-order valence-electron chi connectivity index (χ0n) is 16.0. The summed E-state index contributed by atoms with van der Waals surface area (Å²) in [6.45, 7) is 0. The number of pyridine rings is 1. The fourth-order valence-electron chi connectivity index (χ4n) is 4.50. The van der Waals surface area contributed by atoms with E-state index in [2.05, 4.69) is 33.0 Å². The highest BCUT2D eigenvalue weighted by Gasteiger charge is 2.28. The van der Waals surface area contributed by atoms with E-state index in [1.807, 2.05) is 47.3 Å². The molecule has 1 aliphatic carbocycles. The lowest BCUT2D eigenvalue weighted by Gasteiger charge is -2.23. The first-order valence-corrected chi connectivity index (χ1v) is 9.95. The molecule has 0 radical (unpaired) electrons. The van der Waals surface area contributed by atoms with E-state index in [0.29, 0.717) is 0 Å². The van der Waals surface area contributed by atoms with Gasteiger partial charge >= 0.3 is 5.97 Å². The molecule has 0 saturated carbocycles. The minimum atomic E-state index is -0.784. The number of hydrogen-bond acceptors (Lipinski definition) is 3. The molecular weight excluding hydrogens is 364 g/mol. The number of rotatable bonds is 5. The molecule has 6 nitrogen and oxygen atoms in total. The Morgan fingerprint density at radius 3 is 2.79 bits per heavy atom. The fourth-order valence-corrected chi connectivity index (χ4v) is 4.50. The van der Waals surface area contributed by atoms with Crippen molar-refractivity contribution < 1.29 is 9.90 Å². The van der Waals surface area contributed by atoms with Crippen molar-refractivity contribution in [3.05, 3.63) is 89.0 Å². The third-order valence-corrected chi connectivity index (χ3v) is 5.82. The third-order valence-electron chi connectivity index (χ3n) is 5.82. The van der Waals surface area contributed by atoms with Crippen molar-refractivity contribution in [2.75, 3.05) is 0 Å². The topological polar surface area (TPSA) is 72.4 Å².